The topological polar surface area (TPSA) is 84.3 Å². The molecule has 1 aromatic rings. The van der Waals surface area contributed by atoms with Crippen molar-refractivity contribution in [2.24, 2.45) is 5.41 Å². The van der Waals surface area contributed by atoms with Gasteiger partial charge in [0.2, 0.25) is 0 Å². The second-order valence-electron chi connectivity index (χ2n) is 4.38. The van der Waals surface area contributed by atoms with Gasteiger partial charge >= 0.3 is 5.97 Å². The summed E-state index contributed by atoms with van der Waals surface area (Å²) in [7, 11) is 0. The molecular formula is C11H15N3O3S. The number of ether oxygens (including phenoxy) is 1. The van der Waals surface area contributed by atoms with Crippen LogP contribution in [0.5, 0.6) is 0 Å². The van der Waals surface area contributed by atoms with Crippen LogP contribution in [0.3, 0.4) is 0 Å². The molecule has 0 aliphatic carbocycles. The molecule has 1 fully saturated rings. The predicted octanol–water partition coefficient (Wildman–Crippen LogP) is 1.10. The highest BCUT2D eigenvalue weighted by Crippen LogP contribution is 2.31. The molecule has 1 aliphatic rings. The minimum atomic E-state index is -0.926. The molecule has 0 spiro atoms. The molecule has 0 radical (unpaired) electrons. The van der Waals surface area contributed by atoms with Crippen LogP contribution in [0.2, 0.25) is 0 Å². The van der Waals surface area contributed by atoms with E-state index in [-0.39, 0.29) is 12.6 Å². The molecule has 2 unspecified atom stereocenters. The first-order chi connectivity index (χ1) is 8.56. The average molecular weight is 269 g/mol. The van der Waals surface area contributed by atoms with Crippen LogP contribution in [0.25, 0.3) is 0 Å². The second-order valence-corrected chi connectivity index (χ2v) is 5.21. The SMILES string of the molecule is CSc1cc(NC2COCC2(C)C(=O)O)ncn1. The van der Waals surface area contributed by atoms with Crippen molar-refractivity contribution in [2.75, 3.05) is 24.8 Å². The van der Waals surface area contributed by atoms with E-state index >= 15 is 0 Å². The van der Waals surface area contributed by atoms with Gasteiger partial charge in [0.15, 0.2) is 0 Å². The number of nitrogens with zero attached hydrogens (tertiary/aromatic N) is 2. The fourth-order valence-electron chi connectivity index (χ4n) is 1.79. The third-order valence-electron chi connectivity index (χ3n) is 3.12. The summed E-state index contributed by atoms with van der Waals surface area (Å²) < 4.78 is 5.27. The number of carbonyl (C=O) groups is 1. The van der Waals surface area contributed by atoms with E-state index in [2.05, 4.69) is 15.3 Å². The lowest BCUT2D eigenvalue weighted by Gasteiger charge is -2.25. The molecular weight excluding hydrogens is 254 g/mol. The van der Waals surface area contributed by atoms with Crippen molar-refractivity contribution >= 4 is 23.5 Å². The van der Waals surface area contributed by atoms with Gasteiger partial charge in [0, 0.05) is 6.07 Å². The largest absolute Gasteiger partial charge is 0.481 e. The fraction of sp³-hybridized carbons (Fsp3) is 0.545. The van der Waals surface area contributed by atoms with Crippen molar-refractivity contribution in [1.29, 1.82) is 0 Å². The first-order valence-electron chi connectivity index (χ1n) is 5.50. The third-order valence-corrected chi connectivity index (χ3v) is 3.76. The number of thioether (sulfide) groups is 1. The summed E-state index contributed by atoms with van der Waals surface area (Å²) in [5, 5.41) is 13.2. The summed E-state index contributed by atoms with van der Waals surface area (Å²) in [6.07, 6.45) is 3.38. The van der Waals surface area contributed by atoms with Gasteiger partial charge in [-0.2, -0.15) is 0 Å². The van der Waals surface area contributed by atoms with Crippen LogP contribution < -0.4 is 5.32 Å². The summed E-state index contributed by atoms with van der Waals surface area (Å²) in [4.78, 5) is 19.5. The Bertz CT molecular complexity index is 457. The molecule has 0 aromatic carbocycles. The van der Waals surface area contributed by atoms with Gasteiger partial charge in [-0.05, 0) is 13.2 Å². The number of rotatable bonds is 4. The first kappa shape index (κ1) is 13.1. The van der Waals surface area contributed by atoms with Crippen molar-refractivity contribution < 1.29 is 14.6 Å². The molecule has 1 aliphatic heterocycles. The van der Waals surface area contributed by atoms with E-state index in [1.807, 2.05) is 6.26 Å². The summed E-state index contributed by atoms with van der Waals surface area (Å²) in [5.41, 5.74) is -0.926. The number of anilines is 1. The number of aromatic nitrogens is 2. The number of carboxylic acid groups (broad SMARTS) is 1. The van der Waals surface area contributed by atoms with Crippen LogP contribution in [0, 0.1) is 5.41 Å². The zero-order valence-electron chi connectivity index (χ0n) is 10.2. The second kappa shape index (κ2) is 5.11. The standard InChI is InChI=1S/C11H15N3O3S/c1-11(10(15)16)5-17-4-7(11)14-8-3-9(18-2)13-6-12-8/h3,6-7H,4-5H2,1-2H3,(H,15,16)(H,12,13,14). The Morgan fingerprint density at radius 1 is 1.67 bits per heavy atom. The number of nitrogens with one attached hydrogen (secondary N) is 1. The summed E-state index contributed by atoms with van der Waals surface area (Å²) in [5.74, 6) is -0.242. The Morgan fingerprint density at radius 3 is 3.11 bits per heavy atom. The van der Waals surface area contributed by atoms with Gasteiger partial charge < -0.3 is 15.2 Å². The van der Waals surface area contributed by atoms with Gasteiger partial charge in [0.25, 0.3) is 0 Å². The zero-order chi connectivity index (χ0) is 13.2. The lowest BCUT2D eigenvalue weighted by molar-refractivity contribution is -0.148. The Hall–Kier alpha value is -1.34. The quantitative estimate of drug-likeness (QED) is 0.625. The Labute approximate surface area is 109 Å². The Kier molecular flexibility index (Phi) is 3.72. The molecule has 18 heavy (non-hydrogen) atoms. The minimum Gasteiger partial charge on any atom is -0.481 e. The molecule has 1 aromatic heterocycles. The highest BCUT2D eigenvalue weighted by molar-refractivity contribution is 7.98. The van der Waals surface area contributed by atoms with Crippen molar-refractivity contribution in [1.82, 2.24) is 9.97 Å². The van der Waals surface area contributed by atoms with E-state index in [1.54, 1.807) is 13.0 Å². The van der Waals surface area contributed by atoms with Gasteiger partial charge in [0.1, 0.15) is 22.6 Å². The van der Waals surface area contributed by atoms with Crippen molar-refractivity contribution in [2.45, 2.75) is 18.0 Å². The van der Waals surface area contributed by atoms with Gasteiger partial charge in [-0.15, -0.1) is 11.8 Å². The maximum Gasteiger partial charge on any atom is 0.313 e. The molecule has 2 atom stereocenters. The highest BCUT2D eigenvalue weighted by Gasteiger charge is 2.46. The van der Waals surface area contributed by atoms with E-state index in [1.165, 1.54) is 18.1 Å². The van der Waals surface area contributed by atoms with Gasteiger partial charge in [-0.1, -0.05) is 0 Å². The predicted molar refractivity (Wildman–Crippen MR) is 67.8 cm³/mol. The molecule has 2 N–H and O–H groups in total. The van der Waals surface area contributed by atoms with Crippen LogP contribution in [-0.4, -0.2) is 46.6 Å². The van der Waals surface area contributed by atoms with Crippen LogP contribution in [-0.2, 0) is 9.53 Å². The lowest BCUT2D eigenvalue weighted by atomic mass is 9.85. The first-order valence-corrected chi connectivity index (χ1v) is 6.72. The van der Waals surface area contributed by atoms with Crippen LogP contribution in [0.4, 0.5) is 5.82 Å². The molecule has 6 nitrogen and oxygen atoms in total. The van der Waals surface area contributed by atoms with Gasteiger partial charge in [-0.25, -0.2) is 9.97 Å². The number of hydrogen-bond donors (Lipinski definition) is 2. The average Bonchev–Trinajstić information content (AvgIpc) is 2.73. The third kappa shape index (κ3) is 2.41. The molecule has 2 rings (SSSR count). The number of hydrogen-bond acceptors (Lipinski definition) is 6. The van der Waals surface area contributed by atoms with Gasteiger partial charge in [-0.3, -0.25) is 4.79 Å². The fourth-order valence-corrected chi connectivity index (χ4v) is 2.18. The molecule has 0 bridgehead atoms. The van der Waals surface area contributed by atoms with E-state index in [0.717, 1.165) is 5.03 Å². The molecule has 0 amide bonds. The Morgan fingerprint density at radius 2 is 2.44 bits per heavy atom. The zero-order valence-corrected chi connectivity index (χ0v) is 11.0. The molecule has 1 saturated heterocycles. The minimum absolute atomic E-state index is 0.209. The Balaban J connectivity index is 2.15. The van der Waals surface area contributed by atoms with Crippen LogP contribution in [0.1, 0.15) is 6.92 Å². The summed E-state index contributed by atoms with van der Waals surface area (Å²) >= 11 is 1.51. The molecule has 7 heteroatoms. The monoisotopic (exact) mass is 269 g/mol. The normalized spacial score (nSPS) is 27.1. The summed E-state index contributed by atoms with van der Waals surface area (Å²) in [6.45, 7) is 2.25. The van der Waals surface area contributed by atoms with Crippen LogP contribution >= 0.6 is 11.8 Å². The number of aliphatic carboxylic acids is 1. The van der Waals surface area contributed by atoms with E-state index in [4.69, 9.17) is 4.74 Å². The van der Waals surface area contributed by atoms with Crippen molar-refractivity contribution in [3.63, 3.8) is 0 Å². The van der Waals surface area contributed by atoms with Crippen molar-refractivity contribution in [3.8, 4) is 0 Å². The smallest absolute Gasteiger partial charge is 0.313 e. The highest BCUT2D eigenvalue weighted by atomic mass is 32.2. The van der Waals surface area contributed by atoms with E-state index < -0.39 is 11.4 Å². The number of carboxylic acids is 1. The van der Waals surface area contributed by atoms with Crippen LogP contribution in [0.15, 0.2) is 17.4 Å². The van der Waals surface area contributed by atoms with E-state index in [9.17, 15) is 9.90 Å². The molecule has 98 valence electrons. The molecule has 0 saturated carbocycles. The van der Waals surface area contributed by atoms with Gasteiger partial charge in [0.05, 0.1) is 19.3 Å². The lowest BCUT2D eigenvalue weighted by Crippen LogP contribution is -2.43. The van der Waals surface area contributed by atoms with E-state index in [0.29, 0.717) is 12.4 Å². The summed E-state index contributed by atoms with van der Waals surface area (Å²) in [6, 6.07) is 1.50. The maximum atomic E-state index is 11.3. The molecule has 2 heterocycles. The van der Waals surface area contributed by atoms with Crippen molar-refractivity contribution in [3.05, 3.63) is 12.4 Å². The maximum absolute atomic E-state index is 11.3.